The summed E-state index contributed by atoms with van der Waals surface area (Å²) in [7, 11) is 1.61. The predicted molar refractivity (Wildman–Crippen MR) is 122 cm³/mol. The van der Waals surface area contributed by atoms with Crippen LogP contribution < -0.4 is 20.7 Å². The topological polar surface area (TPSA) is 106 Å². The number of ether oxygens (including phenoxy) is 2. The van der Waals surface area contributed by atoms with Crippen LogP contribution in [-0.4, -0.2) is 37.2 Å². The van der Waals surface area contributed by atoms with E-state index in [1.54, 1.807) is 40.0 Å². The summed E-state index contributed by atoms with van der Waals surface area (Å²) in [5.41, 5.74) is 1.96. The second kappa shape index (κ2) is 11.7. The average Bonchev–Trinajstić information content (AvgIpc) is 2.75. The fourth-order valence-corrected chi connectivity index (χ4v) is 2.75. The number of hydrogen-bond acceptors (Lipinski definition) is 5. The molecule has 0 aliphatic rings. The molecule has 0 aliphatic heterocycles. The third-order valence-corrected chi connectivity index (χ3v) is 4.29. The first-order chi connectivity index (χ1) is 15.1. The number of benzene rings is 2. The van der Waals surface area contributed by atoms with Gasteiger partial charge in [0.15, 0.2) is 0 Å². The van der Waals surface area contributed by atoms with Gasteiger partial charge in [-0.1, -0.05) is 24.3 Å². The zero-order valence-corrected chi connectivity index (χ0v) is 19.0. The highest BCUT2D eigenvalue weighted by Gasteiger charge is 2.16. The van der Waals surface area contributed by atoms with E-state index in [4.69, 9.17) is 9.47 Å². The van der Waals surface area contributed by atoms with Gasteiger partial charge in [-0.25, -0.2) is 4.79 Å². The summed E-state index contributed by atoms with van der Waals surface area (Å²) < 4.78 is 10.3. The van der Waals surface area contributed by atoms with Crippen LogP contribution in [0.2, 0.25) is 0 Å². The molecule has 8 nitrogen and oxygen atoms in total. The molecular weight excluding hydrogens is 410 g/mol. The summed E-state index contributed by atoms with van der Waals surface area (Å²) >= 11 is 0. The van der Waals surface area contributed by atoms with E-state index in [9.17, 15) is 14.4 Å². The molecule has 0 aliphatic carbocycles. The minimum absolute atomic E-state index is 0.0814. The van der Waals surface area contributed by atoms with Crippen LogP contribution in [0.3, 0.4) is 0 Å². The molecule has 0 spiro atoms. The van der Waals surface area contributed by atoms with Crippen LogP contribution in [0.15, 0.2) is 48.5 Å². The maximum Gasteiger partial charge on any atom is 0.408 e. The Morgan fingerprint density at radius 1 is 0.906 bits per heavy atom. The molecule has 0 saturated carbocycles. The number of carbonyl (C=O) groups excluding carboxylic acids is 3. The molecule has 0 atom stereocenters. The van der Waals surface area contributed by atoms with Crippen LogP contribution in [0, 0.1) is 0 Å². The second-order valence-electron chi connectivity index (χ2n) is 8.23. The Morgan fingerprint density at radius 2 is 1.62 bits per heavy atom. The van der Waals surface area contributed by atoms with Crippen molar-refractivity contribution in [2.75, 3.05) is 19.0 Å². The minimum atomic E-state index is -0.640. The number of amides is 3. The fourth-order valence-electron chi connectivity index (χ4n) is 2.75. The lowest BCUT2D eigenvalue weighted by atomic mass is 10.1. The normalized spacial score (nSPS) is 10.8. The quantitative estimate of drug-likeness (QED) is 0.553. The summed E-state index contributed by atoms with van der Waals surface area (Å²) in [6.45, 7) is 5.38. The molecule has 2 aromatic rings. The summed E-state index contributed by atoms with van der Waals surface area (Å²) in [6.07, 6.45) is 0.333. The van der Waals surface area contributed by atoms with Gasteiger partial charge in [-0.3, -0.25) is 9.59 Å². The van der Waals surface area contributed by atoms with Crippen molar-refractivity contribution in [2.45, 2.75) is 45.8 Å². The number of alkyl carbamates (subject to hydrolysis) is 1. The number of nitrogens with one attached hydrogen (secondary N) is 3. The van der Waals surface area contributed by atoms with Crippen molar-refractivity contribution in [3.8, 4) is 5.75 Å². The van der Waals surface area contributed by atoms with Gasteiger partial charge in [-0.05, 0) is 62.6 Å². The van der Waals surface area contributed by atoms with E-state index in [-0.39, 0.29) is 18.4 Å². The van der Waals surface area contributed by atoms with E-state index in [1.165, 1.54) is 0 Å². The molecule has 2 aromatic carbocycles. The number of hydrogen-bond donors (Lipinski definition) is 3. The fraction of sp³-hybridized carbons (Fsp3) is 0.375. The molecule has 2 rings (SSSR count). The van der Waals surface area contributed by atoms with Crippen LogP contribution >= 0.6 is 0 Å². The number of aryl methyl sites for hydroxylation is 1. The number of rotatable bonds is 9. The third-order valence-electron chi connectivity index (χ3n) is 4.29. The number of anilines is 1. The van der Waals surface area contributed by atoms with E-state index in [1.807, 2.05) is 36.4 Å². The van der Waals surface area contributed by atoms with E-state index >= 15 is 0 Å². The van der Waals surface area contributed by atoms with Gasteiger partial charge in [0.05, 0.1) is 7.11 Å². The summed E-state index contributed by atoms with van der Waals surface area (Å²) in [5, 5.41) is 7.99. The Kier molecular flexibility index (Phi) is 9.07. The second-order valence-corrected chi connectivity index (χ2v) is 8.23. The highest BCUT2D eigenvalue weighted by Crippen LogP contribution is 2.15. The van der Waals surface area contributed by atoms with Crippen molar-refractivity contribution >= 4 is 23.6 Å². The van der Waals surface area contributed by atoms with Gasteiger partial charge in [-0.2, -0.15) is 0 Å². The zero-order valence-electron chi connectivity index (χ0n) is 19.0. The molecule has 3 N–H and O–H groups in total. The Balaban J connectivity index is 1.71. The SMILES string of the molecule is COc1cccc(CCC(=O)Nc2ccc(CNC(=O)CNC(=O)OC(C)(C)C)cc2)c1. The molecule has 0 fully saturated rings. The van der Waals surface area contributed by atoms with Crippen molar-refractivity contribution in [2.24, 2.45) is 0 Å². The maximum absolute atomic E-state index is 12.2. The Labute approximate surface area is 188 Å². The molecule has 172 valence electrons. The van der Waals surface area contributed by atoms with E-state index in [2.05, 4.69) is 16.0 Å². The Hall–Kier alpha value is -3.55. The van der Waals surface area contributed by atoms with E-state index in [0.29, 0.717) is 25.1 Å². The predicted octanol–water partition coefficient (Wildman–Crippen LogP) is 3.41. The smallest absolute Gasteiger partial charge is 0.408 e. The summed E-state index contributed by atoms with van der Waals surface area (Å²) in [6, 6.07) is 14.8. The highest BCUT2D eigenvalue weighted by molar-refractivity contribution is 5.90. The van der Waals surface area contributed by atoms with Gasteiger partial charge in [-0.15, -0.1) is 0 Å². The molecule has 3 amide bonds. The van der Waals surface area contributed by atoms with Gasteiger partial charge in [0.2, 0.25) is 11.8 Å². The van der Waals surface area contributed by atoms with Crippen LogP contribution in [-0.2, 0) is 27.3 Å². The molecular formula is C24H31N3O5. The zero-order chi connectivity index (χ0) is 23.6. The summed E-state index contributed by atoms with van der Waals surface area (Å²) in [4.78, 5) is 35.7. The van der Waals surface area contributed by atoms with Gasteiger partial charge in [0, 0.05) is 18.7 Å². The van der Waals surface area contributed by atoms with Gasteiger partial charge in [0.25, 0.3) is 0 Å². The highest BCUT2D eigenvalue weighted by atomic mass is 16.6. The molecule has 8 heteroatoms. The lowest BCUT2D eigenvalue weighted by Gasteiger charge is -2.19. The first-order valence-corrected chi connectivity index (χ1v) is 10.4. The lowest BCUT2D eigenvalue weighted by molar-refractivity contribution is -0.120. The average molecular weight is 442 g/mol. The van der Waals surface area contributed by atoms with Crippen molar-refractivity contribution < 1.29 is 23.9 Å². The Morgan fingerprint density at radius 3 is 2.28 bits per heavy atom. The van der Waals surface area contributed by atoms with Crippen molar-refractivity contribution in [3.63, 3.8) is 0 Å². The number of methoxy groups -OCH3 is 1. The molecule has 0 bridgehead atoms. The monoisotopic (exact) mass is 441 g/mol. The number of carbonyl (C=O) groups is 3. The van der Waals surface area contributed by atoms with E-state index < -0.39 is 11.7 Å². The summed E-state index contributed by atoms with van der Waals surface area (Å²) in [5.74, 6) is 0.360. The maximum atomic E-state index is 12.2. The van der Waals surface area contributed by atoms with Crippen LogP contribution in [0.5, 0.6) is 5.75 Å². The van der Waals surface area contributed by atoms with Crippen LogP contribution in [0.1, 0.15) is 38.3 Å². The molecule has 0 unspecified atom stereocenters. The first kappa shape index (κ1) is 24.7. The van der Waals surface area contributed by atoms with E-state index in [0.717, 1.165) is 16.9 Å². The lowest BCUT2D eigenvalue weighted by Crippen LogP contribution is -2.39. The van der Waals surface area contributed by atoms with Gasteiger partial charge < -0.3 is 25.4 Å². The largest absolute Gasteiger partial charge is 0.497 e. The first-order valence-electron chi connectivity index (χ1n) is 10.4. The van der Waals surface area contributed by atoms with Crippen LogP contribution in [0.4, 0.5) is 10.5 Å². The molecule has 0 radical (unpaired) electrons. The molecule has 0 saturated heterocycles. The van der Waals surface area contributed by atoms with Crippen molar-refractivity contribution in [3.05, 3.63) is 59.7 Å². The molecule has 32 heavy (non-hydrogen) atoms. The Bertz CT molecular complexity index is 920. The van der Waals surface area contributed by atoms with Crippen molar-refractivity contribution in [1.29, 1.82) is 0 Å². The minimum Gasteiger partial charge on any atom is -0.497 e. The van der Waals surface area contributed by atoms with Crippen molar-refractivity contribution in [1.82, 2.24) is 10.6 Å². The molecule has 0 aromatic heterocycles. The van der Waals surface area contributed by atoms with Gasteiger partial charge >= 0.3 is 6.09 Å². The van der Waals surface area contributed by atoms with Gasteiger partial charge in [0.1, 0.15) is 17.9 Å². The standard InChI is InChI=1S/C24H31N3O5/c1-24(2,3)32-23(30)26-16-22(29)25-15-18-8-11-19(12-9-18)27-21(28)13-10-17-6-5-7-20(14-17)31-4/h5-9,11-12,14H,10,13,15-16H2,1-4H3,(H,25,29)(H,26,30)(H,27,28). The van der Waals surface area contributed by atoms with Crippen LogP contribution in [0.25, 0.3) is 0 Å². The molecule has 0 heterocycles. The third kappa shape index (κ3) is 9.51.